The zero-order valence-corrected chi connectivity index (χ0v) is 26.3. The van der Waals surface area contributed by atoms with Crippen LogP contribution in [0, 0.1) is 35.0 Å². The number of hydrogen-bond donors (Lipinski definition) is 2. The first-order valence-electron chi connectivity index (χ1n) is 14.5. The number of aromatic nitrogens is 1. The van der Waals surface area contributed by atoms with Crippen LogP contribution in [0.15, 0.2) is 77.1 Å². The molecule has 0 bridgehead atoms. The first-order chi connectivity index (χ1) is 22.6. The van der Waals surface area contributed by atoms with E-state index in [-0.39, 0.29) is 31.3 Å². The number of rotatable bonds is 9. The van der Waals surface area contributed by atoms with Gasteiger partial charge in [0, 0.05) is 23.8 Å². The molecule has 13 heteroatoms. The van der Waals surface area contributed by atoms with E-state index in [1.807, 2.05) is 48.5 Å². The molecule has 1 aliphatic rings. The van der Waals surface area contributed by atoms with Gasteiger partial charge in [-0.3, -0.25) is 4.79 Å². The van der Waals surface area contributed by atoms with E-state index in [1.165, 1.54) is 0 Å². The summed E-state index contributed by atoms with van der Waals surface area (Å²) in [7, 11) is 0. The molecular weight excluding hydrogens is 660 g/mol. The lowest BCUT2D eigenvalue weighted by Gasteiger charge is -2.41. The van der Waals surface area contributed by atoms with Gasteiger partial charge in [0.25, 0.3) is 5.91 Å². The Hall–Kier alpha value is -3.88. The molecular formula is C34H27F5N2O4S2. The predicted octanol–water partition coefficient (Wildman–Crippen LogP) is 8.00. The van der Waals surface area contributed by atoms with Crippen molar-refractivity contribution in [3.05, 3.63) is 130 Å². The van der Waals surface area contributed by atoms with Crippen molar-refractivity contribution in [2.75, 3.05) is 5.75 Å². The Labute approximate surface area is 274 Å². The SMILES string of the molecule is C[C@H]1[C@@H](CSc2nc3ccccc3s2)O[C@@H](c2ccc(CNC(=O)c3c(F)c(F)c(F)c(F)c3F)cc2)O[C@H]1c1ccc(CO)cc1. The van der Waals surface area contributed by atoms with Gasteiger partial charge in [-0.2, -0.15) is 0 Å². The molecule has 1 aliphatic heterocycles. The molecule has 6 rings (SSSR count). The van der Waals surface area contributed by atoms with Gasteiger partial charge >= 0.3 is 0 Å². The number of carbonyl (C=O) groups excluding carboxylic acids is 1. The zero-order valence-electron chi connectivity index (χ0n) is 24.7. The van der Waals surface area contributed by atoms with E-state index in [9.17, 15) is 31.9 Å². The molecule has 0 aliphatic carbocycles. The standard InChI is InChI=1S/C34H27F5N2O4S2/c1-17-23(16-46-34-41-22-4-2-3-5-24(22)47-34)44-33(45-31(17)20-10-8-19(15-42)9-11-20)21-12-6-18(7-13-21)14-40-32(43)25-26(35)28(37)30(39)29(38)27(25)36/h2-13,17,23,31,33,42H,14-16H2,1H3,(H,40,43)/t17-,23+,31+,33+/m0/s1. The largest absolute Gasteiger partial charge is 0.392 e. The number of aliphatic hydroxyl groups excluding tert-OH is 1. The van der Waals surface area contributed by atoms with Crippen LogP contribution in [0.5, 0.6) is 0 Å². The minimum atomic E-state index is -2.34. The molecule has 1 amide bonds. The minimum Gasteiger partial charge on any atom is -0.392 e. The van der Waals surface area contributed by atoms with Crippen LogP contribution < -0.4 is 5.32 Å². The number of carbonyl (C=O) groups is 1. The van der Waals surface area contributed by atoms with Gasteiger partial charge < -0.3 is 19.9 Å². The molecule has 0 saturated carbocycles. The zero-order chi connectivity index (χ0) is 33.2. The Balaban J connectivity index is 1.18. The molecule has 4 aromatic carbocycles. The van der Waals surface area contributed by atoms with Gasteiger partial charge in [0.15, 0.2) is 33.9 Å². The third kappa shape index (κ3) is 6.90. The van der Waals surface area contributed by atoms with E-state index in [1.54, 1.807) is 47.4 Å². The van der Waals surface area contributed by atoms with Crippen LogP contribution >= 0.6 is 23.1 Å². The Bertz CT molecular complexity index is 1840. The number of hydrogen-bond acceptors (Lipinski definition) is 7. The lowest BCUT2D eigenvalue weighted by Crippen LogP contribution is -2.38. The molecule has 6 nitrogen and oxygen atoms in total. The molecule has 0 spiro atoms. The molecule has 0 unspecified atom stereocenters. The van der Waals surface area contributed by atoms with Crippen LogP contribution in [0.3, 0.4) is 0 Å². The van der Waals surface area contributed by atoms with Gasteiger partial charge in [0.05, 0.1) is 29.0 Å². The third-order valence-corrected chi connectivity index (χ3v) is 10.2. The summed E-state index contributed by atoms with van der Waals surface area (Å²) < 4.78 is 83.6. The first-order valence-corrected chi connectivity index (χ1v) is 16.3. The molecule has 5 aromatic rings. The third-order valence-electron chi connectivity index (χ3n) is 7.91. The Morgan fingerprint density at radius 1 is 0.851 bits per heavy atom. The number of amides is 1. The van der Waals surface area contributed by atoms with Crippen LogP contribution in [-0.4, -0.2) is 27.9 Å². The highest BCUT2D eigenvalue weighted by atomic mass is 32.2. The van der Waals surface area contributed by atoms with Crippen molar-refractivity contribution in [1.82, 2.24) is 10.3 Å². The molecule has 47 heavy (non-hydrogen) atoms. The highest BCUT2D eigenvalue weighted by Gasteiger charge is 2.38. The lowest BCUT2D eigenvalue weighted by molar-refractivity contribution is -0.268. The van der Waals surface area contributed by atoms with E-state index < -0.39 is 46.8 Å². The molecule has 0 radical (unpaired) electrons. The average Bonchev–Trinajstić information content (AvgIpc) is 3.52. The summed E-state index contributed by atoms with van der Waals surface area (Å²) >= 11 is 3.22. The summed E-state index contributed by atoms with van der Waals surface area (Å²) in [4.78, 5) is 17.1. The fourth-order valence-electron chi connectivity index (χ4n) is 5.24. The highest BCUT2D eigenvalue weighted by Crippen LogP contribution is 2.43. The van der Waals surface area contributed by atoms with Crippen molar-refractivity contribution in [3.63, 3.8) is 0 Å². The van der Waals surface area contributed by atoms with Gasteiger partial charge in [-0.1, -0.05) is 79.3 Å². The fourth-order valence-corrected chi connectivity index (χ4v) is 7.50. The molecule has 1 saturated heterocycles. The normalized spacial score (nSPS) is 19.6. The van der Waals surface area contributed by atoms with Crippen molar-refractivity contribution in [2.24, 2.45) is 5.92 Å². The van der Waals surface area contributed by atoms with Crippen LogP contribution in [-0.2, 0) is 22.6 Å². The van der Waals surface area contributed by atoms with Crippen LogP contribution in [0.1, 0.15) is 51.9 Å². The number of thioether (sulfide) groups is 1. The van der Waals surface area contributed by atoms with Gasteiger partial charge in [0.1, 0.15) is 5.56 Å². The summed E-state index contributed by atoms with van der Waals surface area (Å²) in [5.41, 5.74) is 2.24. The van der Waals surface area contributed by atoms with Crippen molar-refractivity contribution in [2.45, 2.75) is 42.9 Å². The Kier molecular flexibility index (Phi) is 9.90. The van der Waals surface area contributed by atoms with E-state index in [0.29, 0.717) is 16.9 Å². The number of thiazole rings is 1. The predicted molar refractivity (Wildman–Crippen MR) is 167 cm³/mol. The summed E-state index contributed by atoms with van der Waals surface area (Å²) in [6.45, 7) is 1.73. The topological polar surface area (TPSA) is 80.7 Å². The Morgan fingerprint density at radius 2 is 1.47 bits per heavy atom. The van der Waals surface area contributed by atoms with Crippen LogP contribution in [0.25, 0.3) is 10.2 Å². The van der Waals surface area contributed by atoms with E-state index in [0.717, 1.165) is 25.7 Å². The summed E-state index contributed by atoms with van der Waals surface area (Å²) in [6, 6.07) is 22.1. The molecule has 1 fully saturated rings. The molecule has 2 N–H and O–H groups in total. The molecule has 1 aromatic heterocycles. The second kappa shape index (κ2) is 14.1. The number of nitrogens with zero attached hydrogens (tertiary/aromatic N) is 1. The number of ether oxygens (including phenoxy) is 2. The van der Waals surface area contributed by atoms with Gasteiger partial charge in [-0.25, -0.2) is 26.9 Å². The second-order valence-corrected chi connectivity index (χ2v) is 13.2. The average molecular weight is 687 g/mol. The van der Waals surface area contributed by atoms with E-state index >= 15 is 0 Å². The maximum Gasteiger partial charge on any atom is 0.257 e. The highest BCUT2D eigenvalue weighted by molar-refractivity contribution is 8.01. The number of nitrogens with one attached hydrogen (secondary N) is 1. The van der Waals surface area contributed by atoms with Crippen molar-refractivity contribution in [1.29, 1.82) is 0 Å². The smallest absolute Gasteiger partial charge is 0.257 e. The first kappa shape index (κ1) is 33.0. The minimum absolute atomic E-state index is 0.0514. The Morgan fingerprint density at radius 3 is 2.13 bits per heavy atom. The van der Waals surface area contributed by atoms with Gasteiger partial charge in [-0.05, 0) is 28.8 Å². The monoisotopic (exact) mass is 686 g/mol. The maximum atomic E-state index is 14.1. The molecule has 2 heterocycles. The lowest BCUT2D eigenvalue weighted by atomic mass is 9.91. The number of fused-ring (bicyclic) bond motifs is 1. The number of para-hydroxylation sites is 1. The van der Waals surface area contributed by atoms with Crippen molar-refractivity contribution < 1.29 is 41.3 Å². The van der Waals surface area contributed by atoms with E-state index in [2.05, 4.69) is 12.2 Å². The molecule has 4 atom stereocenters. The molecule has 244 valence electrons. The van der Waals surface area contributed by atoms with Gasteiger partial charge in [-0.15, -0.1) is 11.3 Å². The maximum absolute atomic E-state index is 14.1. The number of halogens is 5. The van der Waals surface area contributed by atoms with Crippen molar-refractivity contribution in [3.8, 4) is 0 Å². The summed E-state index contributed by atoms with van der Waals surface area (Å²) in [5, 5.41) is 11.7. The summed E-state index contributed by atoms with van der Waals surface area (Å²) in [6.07, 6.45) is -1.36. The fraction of sp³-hybridized carbons (Fsp3) is 0.235. The van der Waals surface area contributed by atoms with Gasteiger partial charge in [0.2, 0.25) is 5.82 Å². The summed E-state index contributed by atoms with van der Waals surface area (Å²) in [5.74, 6) is -12.0. The number of benzene rings is 4. The van der Waals surface area contributed by atoms with Crippen LogP contribution in [0.4, 0.5) is 22.0 Å². The number of aliphatic hydroxyl groups is 1. The second-order valence-electron chi connectivity index (χ2n) is 10.9. The van der Waals surface area contributed by atoms with Crippen LogP contribution in [0.2, 0.25) is 0 Å². The van der Waals surface area contributed by atoms with E-state index in [4.69, 9.17) is 14.5 Å². The van der Waals surface area contributed by atoms with Crippen molar-refractivity contribution >= 4 is 39.2 Å². The quantitative estimate of drug-likeness (QED) is 0.0709.